The minimum absolute atomic E-state index is 0.332. The predicted octanol–water partition coefficient (Wildman–Crippen LogP) is 3.89. The van der Waals surface area contributed by atoms with Crippen LogP contribution in [0.25, 0.3) is 0 Å². The van der Waals surface area contributed by atoms with E-state index in [0.717, 1.165) is 25.7 Å². The summed E-state index contributed by atoms with van der Waals surface area (Å²) in [4.78, 5) is 25.2. The topological polar surface area (TPSA) is 52.6 Å². The van der Waals surface area contributed by atoms with Gasteiger partial charge in [-0.05, 0) is 43.8 Å². The molecule has 0 saturated heterocycles. The van der Waals surface area contributed by atoms with Gasteiger partial charge in [-0.2, -0.15) is 0 Å². The fourth-order valence-electron chi connectivity index (χ4n) is 3.38. The zero-order valence-electron chi connectivity index (χ0n) is 14.5. The number of ether oxygens (including phenoxy) is 2. The average molecular weight is 330 g/mol. The molecule has 1 fully saturated rings. The summed E-state index contributed by atoms with van der Waals surface area (Å²) in [7, 11) is 2.60. The van der Waals surface area contributed by atoms with E-state index in [-0.39, 0.29) is 5.92 Å². The second-order valence-corrected chi connectivity index (χ2v) is 6.31. The lowest BCUT2D eigenvalue weighted by atomic mass is 9.72. The smallest absolute Gasteiger partial charge is 0.328 e. The highest BCUT2D eigenvalue weighted by Crippen LogP contribution is 2.38. The van der Waals surface area contributed by atoms with E-state index in [1.54, 1.807) is 6.08 Å². The van der Waals surface area contributed by atoms with Gasteiger partial charge in [0.2, 0.25) is 0 Å². The molecule has 0 N–H and O–H groups in total. The predicted molar refractivity (Wildman–Crippen MR) is 92.2 cm³/mol. The van der Waals surface area contributed by atoms with Crippen LogP contribution in [0, 0.1) is 11.3 Å². The van der Waals surface area contributed by atoms with Crippen LogP contribution >= 0.6 is 0 Å². The number of carbonyl (C=O) groups excluding carboxylic acids is 2. The minimum Gasteiger partial charge on any atom is -0.468 e. The number of methoxy groups -OCH3 is 2. The molecule has 1 atom stereocenters. The van der Waals surface area contributed by atoms with Crippen molar-refractivity contribution < 1.29 is 19.1 Å². The minimum atomic E-state index is -1.48. The zero-order chi connectivity index (χ0) is 17.4. The van der Waals surface area contributed by atoms with Crippen LogP contribution in [0.1, 0.15) is 44.9 Å². The molecule has 2 aliphatic carbocycles. The molecule has 0 aliphatic heterocycles. The molecule has 0 spiro atoms. The van der Waals surface area contributed by atoms with Crippen molar-refractivity contribution in [3.63, 3.8) is 0 Å². The maximum Gasteiger partial charge on any atom is 0.328 e. The molecule has 0 bridgehead atoms. The van der Waals surface area contributed by atoms with Gasteiger partial charge in [-0.25, -0.2) is 0 Å². The molecule has 0 heterocycles. The summed E-state index contributed by atoms with van der Waals surface area (Å²) < 4.78 is 9.96. The number of hydrogen-bond donors (Lipinski definition) is 0. The van der Waals surface area contributed by atoms with Crippen molar-refractivity contribution in [2.45, 2.75) is 44.9 Å². The van der Waals surface area contributed by atoms with E-state index in [1.807, 2.05) is 24.3 Å². The van der Waals surface area contributed by atoms with Crippen LogP contribution in [0.4, 0.5) is 0 Å². The first-order valence-corrected chi connectivity index (χ1v) is 8.61. The number of hydrogen-bond acceptors (Lipinski definition) is 4. The highest BCUT2D eigenvalue weighted by atomic mass is 16.5. The number of carbonyl (C=O) groups is 2. The van der Waals surface area contributed by atoms with E-state index >= 15 is 0 Å². The van der Waals surface area contributed by atoms with Crippen molar-refractivity contribution in [3.8, 4) is 0 Å². The SMILES string of the molecule is COC(=O)C(C=C=C1CCCCCC1)(C(=O)OC)C1C=CC=CC1. The Morgan fingerprint density at radius 3 is 2.21 bits per heavy atom. The summed E-state index contributed by atoms with van der Waals surface area (Å²) in [6.45, 7) is 0. The maximum atomic E-state index is 12.6. The van der Waals surface area contributed by atoms with Gasteiger partial charge >= 0.3 is 11.9 Å². The number of rotatable bonds is 4. The van der Waals surface area contributed by atoms with E-state index in [9.17, 15) is 9.59 Å². The molecule has 0 amide bonds. The summed E-state index contributed by atoms with van der Waals surface area (Å²) in [5, 5.41) is 0. The first kappa shape index (κ1) is 18.3. The quantitative estimate of drug-likeness (QED) is 0.340. The van der Waals surface area contributed by atoms with Crippen molar-refractivity contribution in [3.05, 3.63) is 41.7 Å². The molecule has 2 rings (SSSR count). The van der Waals surface area contributed by atoms with Crippen LogP contribution in [0.5, 0.6) is 0 Å². The zero-order valence-corrected chi connectivity index (χ0v) is 14.5. The summed E-state index contributed by atoms with van der Waals surface area (Å²) in [6.07, 6.45) is 16.4. The number of allylic oxidation sites excluding steroid dienone is 4. The van der Waals surface area contributed by atoms with Gasteiger partial charge in [0.15, 0.2) is 5.41 Å². The van der Waals surface area contributed by atoms with E-state index in [1.165, 1.54) is 32.6 Å². The summed E-state index contributed by atoms with van der Waals surface area (Å²) in [5.74, 6) is -1.52. The summed E-state index contributed by atoms with van der Waals surface area (Å²) >= 11 is 0. The van der Waals surface area contributed by atoms with Crippen molar-refractivity contribution in [2.24, 2.45) is 11.3 Å². The van der Waals surface area contributed by atoms with Crippen molar-refractivity contribution in [1.82, 2.24) is 0 Å². The lowest BCUT2D eigenvalue weighted by Gasteiger charge is -2.31. The van der Waals surface area contributed by atoms with Gasteiger partial charge in [-0.1, -0.05) is 37.1 Å². The van der Waals surface area contributed by atoms with Crippen LogP contribution in [0.15, 0.2) is 41.7 Å². The van der Waals surface area contributed by atoms with E-state index < -0.39 is 17.4 Å². The summed E-state index contributed by atoms with van der Waals surface area (Å²) in [6, 6.07) is 0. The first-order valence-electron chi connectivity index (χ1n) is 8.61. The molecule has 0 radical (unpaired) electrons. The van der Waals surface area contributed by atoms with Gasteiger partial charge in [0.1, 0.15) is 0 Å². The largest absolute Gasteiger partial charge is 0.468 e. The van der Waals surface area contributed by atoms with E-state index in [2.05, 4.69) is 5.73 Å². The van der Waals surface area contributed by atoms with Crippen LogP contribution < -0.4 is 0 Å². The van der Waals surface area contributed by atoms with Gasteiger partial charge in [-0.3, -0.25) is 9.59 Å². The Hall–Kier alpha value is -2.06. The molecule has 24 heavy (non-hydrogen) atoms. The third-order valence-corrected chi connectivity index (χ3v) is 4.82. The molecule has 0 aromatic carbocycles. The highest BCUT2D eigenvalue weighted by molar-refractivity contribution is 6.03. The van der Waals surface area contributed by atoms with Crippen LogP contribution in [-0.4, -0.2) is 26.2 Å². The molecule has 1 saturated carbocycles. The Labute approximate surface area is 143 Å². The van der Waals surface area contributed by atoms with Crippen LogP contribution in [-0.2, 0) is 19.1 Å². The molecule has 0 aromatic rings. The maximum absolute atomic E-state index is 12.6. The third-order valence-electron chi connectivity index (χ3n) is 4.82. The second kappa shape index (κ2) is 8.70. The van der Waals surface area contributed by atoms with Gasteiger partial charge < -0.3 is 9.47 Å². The molecule has 130 valence electrons. The van der Waals surface area contributed by atoms with Crippen molar-refractivity contribution in [1.29, 1.82) is 0 Å². The Balaban J connectivity index is 2.49. The molecule has 2 aliphatic rings. The number of esters is 2. The van der Waals surface area contributed by atoms with Gasteiger partial charge in [0, 0.05) is 5.92 Å². The fraction of sp³-hybridized carbons (Fsp3) is 0.550. The molecular formula is C20H26O4. The molecule has 4 heteroatoms. The lowest BCUT2D eigenvalue weighted by molar-refractivity contribution is -0.167. The molecular weight excluding hydrogens is 304 g/mol. The highest BCUT2D eigenvalue weighted by Gasteiger charge is 2.51. The monoisotopic (exact) mass is 330 g/mol. The second-order valence-electron chi connectivity index (χ2n) is 6.31. The van der Waals surface area contributed by atoms with Gasteiger partial charge in [0.25, 0.3) is 0 Å². The summed E-state index contributed by atoms with van der Waals surface area (Å²) in [5.41, 5.74) is 2.95. The first-order chi connectivity index (χ1) is 11.6. The standard InChI is InChI=1S/C20H26O4/c1-23-18(21)20(19(22)24-2,17-12-8-5-9-13-17)15-14-16-10-6-3-4-7-11-16/h5,8-9,12,15,17H,3-4,6-7,10-11,13H2,1-2H3. The van der Waals surface area contributed by atoms with Gasteiger partial charge in [-0.15, -0.1) is 5.73 Å². The molecule has 1 unspecified atom stereocenters. The molecule has 0 aromatic heterocycles. The Bertz CT molecular complexity index is 565. The molecule has 4 nitrogen and oxygen atoms in total. The normalized spacial score (nSPS) is 20.8. The van der Waals surface area contributed by atoms with Gasteiger partial charge in [0.05, 0.1) is 14.2 Å². The fourth-order valence-corrected chi connectivity index (χ4v) is 3.38. The van der Waals surface area contributed by atoms with E-state index in [0.29, 0.717) is 6.42 Å². The van der Waals surface area contributed by atoms with Crippen LogP contribution in [0.3, 0.4) is 0 Å². The van der Waals surface area contributed by atoms with Crippen molar-refractivity contribution >= 4 is 11.9 Å². The Morgan fingerprint density at radius 1 is 1.08 bits per heavy atom. The van der Waals surface area contributed by atoms with Crippen LogP contribution in [0.2, 0.25) is 0 Å². The average Bonchev–Trinajstić information content (AvgIpc) is 2.91. The van der Waals surface area contributed by atoms with Crippen molar-refractivity contribution in [2.75, 3.05) is 14.2 Å². The Morgan fingerprint density at radius 2 is 1.71 bits per heavy atom. The third kappa shape index (κ3) is 3.88. The van der Waals surface area contributed by atoms with E-state index in [4.69, 9.17) is 9.47 Å². The lowest BCUT2D eigenvalue weighted by Crippen LogP contribution is -2.45. The Kier molecular flexibility index (Phi) is 6.62.